The first-order chi connectivity index (χ1) is 16.2. The number of nitrogens with zero attached hydrogens (tertiary/aromatic N) is 1. The zero-order valence-corrected chi connectivity index (χ0v) is 30.8. The molecule has 0 fully saturated rings. The predicted molar refractivity (Wildman–Crippen MR) is 71.2 cm³/mol. The largest absolute Gasteiger partial charge is 4.00 e. The van der Waals surface area contributed by atoms with Crippen molar-refractivity contribution in [2.24, 2.45) is 0 Å². The maximum absolute atomic E-state index is 8.61. The molecule has 0 aliphatic heterocycles. The first kappa shape index (κ1) is 55.4. The summed E-state index contributed by atoms with van der Waals surface area (Å²) in [6, 6.07) is 0. The third-order valence-electron chi connectivity index (χ3n) is 2.79. The molecule has 0 N–H and O–H groups in total. The molecule has 0 rings (SSSR count). The first-order valence-electron chi connectivity index (χ1n) is 8.98. The van der Waals surface area contributed by atoms with E-state index >= 15 is 0 Å². The van der Waals surface area contributed by atoms with Crippen LogP contribution in [0.2, 0.25) is 0 Å². The molecule has 0 spiro atoms. The summed E-state index contributed by atoms with van der Waals surface area (Å²) < 4.78 is 174. The fourth-order valence-electron chi connectivity index (χ4n) is 2.57. The van der Waals surface area contributed by atoms with Gasteiger partial charge in [0.15, 0.2) is 0 Å². The van der Waals surface area contributed by atoms with Crippen LogP contribution in [-0.2, 0) is 148 Å². The molecule has 249 valence electrons. The van der Waals surface area contributed by atoms with Gasteiger partial charge in [0.25, 0.3) is 0 Å². The number of hydrogen-bond donors (Lipinski definition) is 0. The van der Waals surface area contributed by atoms with E-state index in [0.717, 1.165) is 0 Å². The zero-order valence-electron chi connectivity index (χ0n) is 20.4. The summed E-state index contributed by atoms with van der Waals surface area (Å²) in [7, 11) is 0. The Morgan fingerprint density at radius 3 is 0.487 bits per heavy atom. The summed E-state index contributed by atoms with van der Waals surface area (Å²) in [5, 5.41) is 0. The van der Waals surface area contributed by atoms with Crippen LogP contribution in [0.5, 0.6) is 0 Å². The first-order valence-corrected chi connectivity index (χ1v) is 23.2. The van der Waals surface area contributed by atoms with E-state index in [0.29, 0.717) is 0 Å². The van der Waals surface area contributed by atoms with Gasteiger partial charge in [-0.1, -0.05) is 27.7 Å². The molecule has 0 aliphatic carbocycles. The van der Waals surface area contributed by atoms with E-state index in [1.807, 2.05) is 0 Å². The van der Waals surface area contributed by atoms with Gasteiger partial charge in [-0.15, -0.1) is 0 Å². The molecular weight excluding hydrogens is 1080 g/mol. The van der Waals surface area contributed by atoms with E-state index in [2.05, 4.69) is 27.7 Å². The second-order valence-corrected chi connectivity index (χ2v) is 14.7. The van der Waals surface area contributed by atoms with Crippen molar-refractivity contribution in [1.29, 1.82) is 0 Å². The van der Waals surface area contributed by atoms with Crippen LogP contribution in [0.1, 0.15) is 53.4 Å². The molecular formula is C12H28NO20Ru6. The fraction of sp³-hybridized carbons (Fsp3) is 1.00. The van der Waals surface area contributed by atoms with Crippen molar-refractivity contribution < 1.29 is 172 Å². The molecule has 0 aromatic rings. The van der Waals surface area contributed by atoms with Gasteiger partial charge in [-0.25, -0.2) is 0 Å². The van der Waals surface area contributed by atoms with E-state index in [4.69, 9.17) is 73.3 Å². The van der Waals surface area contributed by atoms with Crippen LogP contribution in [0.4, 0.5) is 0 Å². The Bertz CT molecular complexity index is 1110. The van der Waals surface area contributed by atoms with Gasteiger partial charge in [0.1, 0.15) is 0 Å². The average molecular weight is 1110 g/mol. The number of rotatable bonds is 8. The summed E-state index contributed by atoms with van der Waals surface area (Å²) >= 11 is -29.3. The molecule has 0 aliphatic rings. The van der Waals surface area contributed by atoms with Gasteiger partial charge in [-0.3, -0.25) is 0 Å². The SMILES string of the molecule is CCC[N+](CCC)(CCC)CCC.[O]=[Ru](=[O])(=[O])[O-].[O]=[Ru](=[O])(=[O])[O-].[O]=[Ru](=[O])(=[O])[O-].[O]=[Ru](=[O])(=[O])[O-].[O]=[Ru](=[O])(=[O])[O-].[Ru+4]. The second kappa shape index (κ2) is 27.3. The third kappa shape index (κ3) is 188. The minimum absolute atomic E-state index is 0. The van der Waals surface area contributed by atoms with Crippen LogP contribution >= 0.6 is 0 Å². The molecule has 0 aromatic carbocycles. The Morgan fingerprint density at radius 2 is 0.436 bits per heavy atom. The molecule has 0 saturated heterocycles. The maximum atomic E-state index is 8.61. The van der Waals surface area contributed by atoms with Crippen LogP contribution in [0, 0.1) is 0 Å². The molecule has 0 radical (unpaired) electrons. The van der Waals surface area contributed by atoms with Crippen molar-refractivity contribution in [2.75, 3.05) is 26.2 Å². The molecule has 0 aromatic heterocycles. The molecule has 0 amide bonds. The summed E-state index contributed by atoms with van der Waals surface area (Å²) in [4.78, 5) is 0. The molecule has 0 saturated carbocycles. The van der Waals surface area contributed by atoms with Crippen LogP contribution in [0.3, 0.4) is 0 Å². The number of hydrogen-bond acceptors (Lipinski definition) is 20. The minimum Gasteiger partial charge on any atom is 4.00 e. The van der Waals surface area contributed by atoms with E-state index in [1.165, 1.54) is 56.3 Å². The van der Waals surface area contributed by atoms with Gasteiger partial charge >= 0.3 is 168 Å². The minimum atomic E-state index is -5.86. The predicted octanol–water partition coefficient (Wildman–Crippen LogP) is -4.30. The third-order valence-corrected chi connectivity index (χ3v) is 2.79. The summed E-state index contributed by atoms with van der Waals surface area (Å²) in [5.41, 5.74) is 0. The smallest absolute Gasteiger partial charge is 4.00 e. The van der Waals surface area contributed by atoms with Gasteiger partial charge < -0.3 is 4.48 Å². The van der Waals surface area contributed by atoms with Crippen molar-refractivity contribution in [2.45, 2.75) is 53.4 Å². The zero-order chi connectivity index (χ0) is 32.7. The molecule has 21 nitrogen and oxygen atoms in total. The molecule has 0 atom stereocenters. The molecule has 27 heteroatoms. The molecule has 0 heterocycles. The van der Waals surface area contributed by atoms with Gasteiger partial charge in [0.2, 0.25) is 0 Å². The van der Waals surface area contributed by atoms with Gasteiger partial charge in [0, 0.05) is 0 Å². The van der Waals surface area contributed by atoms with Crippen molar-refractivity contribution >= 4 is 0 Å². The van der Waals surface area contributed by atoms with E-state index in [1.54, 1.807) is 0 Å². The summed E-state index contributed by atoms with van der Waals surface area (Å²) in [6.07, 6.45) is 5.33. The van der Waals surface area contributed by atoms with Crippen molar-refractivity contribution in [3.63, 3.8) is 0 Å². The Morgan fingerprint density at radius 1 is 0.359 bits per heavy atom. The van der Waals surface area contributed by atoms with Crippen molar-refractivity contribution in [1.82, 2.24) is 0 Å². The molecule has 0 bridgehead atoms. The normalized spacial score (nSPS) is 11.3. The monoisotopic (exact) mass is 1120 g/mol. The Hall–Kier alpha value is 0.500. The van der Waals surface area contributed by atoms with E-state index in [9.17, 15) is 0 Å². The van der Waals surface area contributed by atoms with Crippen LogP contribution < -0.4 is 19.7 Å². The van der Waals surface area contributed by atoms with Gasteiger partial charge in [0.05, 0.1) is 26.2 Å². The standard InChI is InChI=1S/C12H28N.20O.6Ru/c1-5-9-13(10-6-2,11-7-3)12-8-4;;;;;;;;;;;;;;;;;;;;;;;;;;/h5-12H2,1-4H3;;;;;;;;;;;;;;;;;;;;;;;;;;/q+1;;;;;;;;;;;;;;;;5*-1;;;;;;+4. The van der Waals surface area contributed by atoms with Crippen LogP contribution in [-0.4, -0.2) is 30.7 Å². The Kier molecular flexibility index (Phi) is 38.9. The van der Waals surface area contributed by atoms with Crippen LogP contribution in [0.25, 0.3) is 0 Å². The fourth-order valence-corrected chi connectivity index (χ4v) is 2.57. The average Bonchev–Trinajstić information content (AvgIpc) is 2.47. The molecule has 0 unspecified atom stereocenters. The summed E-state index contributed by atoms with van der Waals surface area (Å²) in [5.74, 6) is 0. The second-order valence-electron chi connectivity index (χ2n) is 6.00. The van der Waals surface area contributed by atoms with Crippen LogP contribution in [0.15, 0.2) is 0 Å². The topological polar surface area (TPSA) is 371 Å². The van der Waals surface area contributed by atoms with Gasteiger partial charge in [-0.2, -0.15) is 0 Å². The molecule has 39 heavy (non-hydrogen) atoms. The van der Waals surface area contributed by atoms with Gasteiger partial charge in [-0.05, 0) is 25.7 Å². The number of quaternary nitrogens is 1. The maximum Gasteiger partial charge on any atom is 4.00 e. The quantitative estimate of drug-likeness (QED) is 0.164. The van der Waals surface area contributed by atoms with Crippen molar-refractivity contribution in [3.8, 4) is 0 Å². The van der Waals surface area contributed by atoms with E-state index in [-0.39, 0.29) is 19.5 Å². The Balaban J connectivity index is -0.0000000672. The Labute approximate surface area is 249 Å². The van der Waals surface area contributed by atoms with E-state index < -0.39 is 74.9 Å². The van der Waals surface area contributed by atoms with Crippen molar-refractivity contribution in [3.05, 3.63) is 0 Å². The summed E-state index contributed by atoms with van der Waals surface area (Å²) in [6.45, 7) is 14.8.